The molecule has 1 aliphatic heterocycles. The number of nitrogens with one attached hydrogen (secondary N) is 1. The first-order valence-corrected chi connectivity index (χ1v) is 9.74. The second-order valence-corrected chi connectivity index (χ2v) is 7.52. The molecule has 4 nitrogen and oxygen atoms in total. The predicted molar refractivity (Wildman–Crippen MR) is 108 cm³/mol. The van der Waals surface area contributed by atoms with Crippen molar-refractivity contribution in [3.8, 4) is 0 Å². The highest BCUT2D eigenvalue weighted by atomic mass is 16.2. The van der Waals surface area contributed by atoms with Gasteiger partial charge in [0.05, 0.1) is 0 Å². The summed E-state index contributed by atoms with van der Waals surface area (Å²) in [6.45, 7) is 6.29. The molecule has 0 radical (unpaired) electrons. The van der Waals surface area contributed by atoms with Crippen molar-refractivity contribution in [3.05, 3.63) is 70.8 Å². The maximum absolute atomic E-state index is 12.6. The van der Waals surface area contributed by atoms with Crippen molar-refractivity contribution in [1.82, 2.24) is 10.2 Å². The van der Waals surface area contributed by atoms with Crippen LogP contribution < -0.4 is 5.32 Å². The second-order valence-electron chi connectivity index (χ2n) is 7.52. The topological polar surface area (TPSA) is 49.4 Å². The van der Waals surface area contributed by atoms with Crippen LogP contribution in [0, 0.1) is 19.8 Å². The summed E-state index contributed by atoms with van der Waals surface area (Å²) in [5, 5.41) is 3.02. The highest BCUT2D eigenvalue weighted by molar-refractivity contribution is 5.94. The molecular weight excluding hydrogens is 336 g/mol. The highest BCUT2D eigenvalue weighted by Crippen LogP contribution is 2.21. The minimum Gasteiger partial charge on any atom is -0.352 e. The van der Waals surface area contributed by atoms with Crippen LogP contribution in [0.1, 0.15) is 51.1 Å². The lowest BCUT2D eigenvalue weighted by molar-refractivity contribution is 0.0687. The Bertz CT molecular complexity index is 790. The predicted octanol–water partition coefficient (Wildman–Crippen LogP) is 3.98. The van der Waals surface area contributed by atoms with Crippen LogP contribution in [0.3, 0.4) is 0 Å². The molecular formula is C23H28N2O2. The molecule has 1 N–H and O–H groups in total. The van der Waals surface area contributed by atoms with Gasteiger partial charge in [-0.15, -0.1) is 0 Å². The van der Waals surface area contributed by atoms with Gasteiger partial charge in [0.15, 0.2) is 0 Å². The summed E-state index contributed by atoms with van der Waals surface area (Å²) in [4.78, 5) is 26.7. The molecule has 1 heterocycles. The quantitative estimate of drug-likeness (QED) is 0.872. The van der Waals surface area contributed by atoms with Crippen LogP contribution in [0.15, 0.2) is 48.5 Å². The van der Waals surface area contributed by atoms with Gasteiger partial charge in [-0.2, -0.15) is 0 Å². The standard InChI is InChI=1S/C23H28N2O2/c1-17-6-8-20(9-7-17)23(27)25-14-11-19(12-15-25)10-13-24-22(26)21-5-3-4-18(2)16-21/h3-9,16,19H,10-15H2,1-2H3,(H,24,26). The largest absolute Gasteiger partial charge is 0.352 e. The van der Waals surface area contributed by atoms with Crippen LogP contribution in [0.5, 0.6) is 0 Å². The Balaban J connectivity index is 1.41. The second kappa shape index (κ2) is 8.85. The molecule has 2 aromatic rings. The number of nitrogens with zero attached hydrogens (tertiary/aromatic N) is 1. The van der Waals surface area contributed by atoms with E-state index in [-0.39, 0.29) is 11.8 Å². The van der Waals surface area contributed by atoms with E-state index in [1.54, 1.807) is 0 Å². The molecule has 3 rings (SSSR count). The molecule has 2 aromatic carbocycles. The molecule has 1 fully saturated rings. The fourth-order valence-corrected chi connectivity index (χ4v) is 3.58. The first-order valence-electron chi connectivity index (χ1n) is 9.74. The van der Waals surface area contributed by atoms with Crippen molar-refractivity contribution in [1.29, 1.82) is 0 Å². The van der Waals surface area contributed by atoms with Crippen molar-refractivity contribution < 1.29 is 9.59 Å². The van der Waals surface area contributed by atoms with E-state index in [0.29, 0.717) is 18.0 Å². The van der Waals surface area contributed by atoms with Gasteiger partial charge in [-0.05, 0) is 63.3 Å². The van der Waals surface area contributed by atoms with Gasteiger partial charge in [0.25, 0.3) is 11.8 Å². The number of hydrogen-bond donors (Lipinski definition) is 1. The molecule has 4 heteroatoms. The summed E-state index contributed by atoms with van der Waals surface area (Å²) in [5.41, 5.74) is 3.74. The number of carbonyl (C=O) groups is 2. The summed E-state index contributed by atoms with van der Waals surface area (Å²) < 4.78 is 0. The van der Waals surface area contributed by atoms with E-state index in [1.807, 2.05) is 67.3 Å². The van der Waals surface area contributed by atoms with E-state index in [4.69, 9.17) is 0 Å². The SMILES string of the molecule is Cc1ccc(C(=O)N2CCC(CCNC(=O)c3cccc(C)c3)CC2)cc1. The van der Waals surface area contributed by atoms with E-state index in [1.165, 1.54) is 0 Å². The number of aryl methyl sites for hydroxylation is 2. The van der Waals surface area contributed by atoms with Crippen LogP contribution in [0.4, 0.5) is 0 Å². The van der Waals surface area contributed by atoms with E-state index >= 15 is 0 Å². The van der Waals surface area contributed by atoms with E-state index < -0.39 is 0 Å². The number of piperidine rings is 1. The van der Waals surface area contributed by atoms with Gasteiger partial charge >= 0.3 is 0 Å². The van der Waals surface area contributed by atoms with Crippen LogP contribution in [0.2, 0.25) is 0 Å². The minimum atomic E-state index is -0.00863. The first-order chi connectivity index (χ1) is 13.0. The Kier molecular flexibility index (Phi) is 6.28. The summed E-state index contributed by atoms with van der Waals surface area (Å²) in [5.74, 6) is 0.678. The maximum atomic E-state index is 12.6. The Morgan fingerprint density at radius 1 is 0.963 bits per heavy atom. The average Bonchev–Trinajstić information content (AvgIpc) is 2.68. The van der Waals surface area contributed by atoms with Crippen LogP contribution in [-0.2, 0) is 0 Å². The third-order valence-corrected chi connectivity index (χ3v) is 5.32. The molecule has 0 atom stereocenters. The van der Waals surface area contributed by atoms with Gasteiger partial charge in [0.2, 0.25) is 0 Å². The summed E-state index contributed by atoms with van der Waals surface area (Å²) in [6, 6.07) is 15.4. The molecule has 27 heavy (non-hydrogen) atoms. The number of benzene rings is 2. The minimum absolute atomic E-state index is 0.00863. The number of carbonyl (C=O) groups excluding carboxylic acids is 2. The fraction of sp³-hybridized carbons (Fsp3) is 0.391. The molecule has 2 amide bonds. The molecule has 142 valence electrons. The zero-order chi connectivity index (χ0) is 19.2. The monoisotopic (exact) mass is 364 g/mol. The lowest BCUT2D eigenvalue weighted by atomic mass is 9.93. The molecule has 0 bridgehead atoms. The van der Waals surface area contributed by atoms with Gasteiger partial charge in [0, 0.05) is 30.8 Å². The maximum Gasteiger partial charge on any atom is 0.253 e. The van der Waals surface area contributed by atoms with Gasteiger partial charge in [-0.3, -0.25) is 9.59 Å². The van der Waals surface area contributed by atoms with Crippen molar-refractivity contribution in [3.63, 3.8) is 0 Å². The molecule has 1 saturated heterocycles. The van der Waals surface area contributed by atoms with Gasteiger partial charge in [-0.25, -0.2) is 0 Å². The molecule has 0 unspecified atom stereocenters. The molecule has 0 aromatic heterocycles. The Morgan fingerprint density at radius 3 is 2.33 bits per heavy atom. The normalized spacial score (nSPS) is 14.8. The van der Waals surface area contributed by atoms with Gasteiger partial charge in [0.1, 0.15) is 0 Å². The van der Waals surface area contributed by atoms with Crippen LogP contribution in [-0.4, -0.2) is 36.3 Å². The first kappa shape index (κ1) is 19.2. The van der Waals surface area contributed by atoms with Gasteiger partial charge in [-0.1, -0.05) is 35.4 Å². The number of amides is 2. The summed E-state index contributed by atoms with van der Waals surface area (Å²) in [6.07, 6.45) is 2.96. The molecule has 0 saturated carbocycles. The number of likely N-dealkylation sites (tertiary alicyclic amines) is 1. The van der Waals surface area contributed by atoms with Crippen LogP contribution in [0.25, 0.3) is 0 Å². The smallest absolute Gasteiger partial charge is 0.253 e. The van der Waals surface area contributed by atoms with Crippen molar-refractivity contribution in [2.24, 2.45) is 5.92 Å². The number of rotatable bonds is 5. The Hall–Kier alpha value is -2.62. The van der Waals surface area contributed by atoms with Crippen LogP contribution >= 0.6 is 0 Å². The average molecular weight is 364 g/mol. The lowest BCUT2D eigenvalue weighted by Crippen LogP contribution is -2.39. The van der Waals surface area contributed by atoms with E-state index in [2.05, 4.69) is 5.32 Å². The zero-order valence-electron chi connectivity index (χ0n) is 16.2. The fourth-order valence-electron chi connectivity index (χ4n) is 3.58. The number of hydrogen-bond acceptors (Lipinski definition) is 2. The third-order valence-electron chi connectivity index (χ3n) is 5.32. The van der Waals surface area contributed by atoms with Crippen molar-refractivity contribution in [2.75, 3.05) is 19.6 Å². The van der Waals surface area contributed by atoms with Crippen molar-refractivity contribution >= 4 is 11.8 Å². The lowest BCUT2D eigenvalue weighted by Gasteiger charge is -2.32. The van der Waals surface area contributed by atoms with Gasteiger partial charge < -0.3 is 10.2 Å². The zero-order valence-corrected chi connectivity index (χ0v) is 16.2. The summed E-state index contributed by atoms with van der Waals surface area (Å²) in [7, 11) is 0. The highest BCUT2D eigenvalue weighted by Gasteiger charge is 2.23. The van der Waals surface area contributed by atoms with Crippen molar-refractivity contribution in [2.45, 2.75) is 33.1 Å². The molecule has 1 aliphatic rings. The van der Waals surface area contributed by atoms with E-state index in [0.717, 1.165) is 49.0 Å². The third kappa shape index (κ3) is 5.19. The molecule has 0 spiro atoms. The van der Waals surface area contributed by atoms with E-state index in [9.17, 15) is 9.59 Å². The Labute approximate surface area is 161 Å². The Morgan fingerprint density at radius 2 is 1.67 bits per heavy atom. The molecule has 0 aliphatic carbocycles. The summed E-state index contributed by atoms with van der Waals surface area (Å²) >= 11 is 0.